The Hall–Kier alpha value is -2.52. The van der Waals surface area contributed by atoms with Crippen molar-refractivity contribution < 1.29 is 0 Å². The van der Waals surface area contributed by atoms with E-state index in [0.717, 1.165) is 0 Å². The van der Waals surface area contributed by atoms with Crippen molar-refractivity contribution in [3.05, 3.63) is 11.6 Å². The number of rotatable bonds is 3. The summed E-state index contributed by atoms with van der Waals surface area (Å²) in [6, 6.07) is 0. The van der Waals surface area contributed by atoms with Crippen LogP contribution in [0.5, 0.6) is 0 Å². The van der Waals surface area contributed by atoms with Gasteiger partial charge in [-0.1, -0.05) is 0 Å². The Bertz CT molecular complexity index is 549. The first-order chi connectivity index (χ1) is 8.56. The van der Waals surface area contributed by atoms with Crippen molar-refractivity contribution in [2.75, 3.05) is 0 Å². The third kappa shape index (κ3) is 2.59. The van der Waals surface area contributed by atoms with E-state index in [4.69, 9.17) is 0 Å². The van der Waals surface area contributed by atoms with Crippen LogP contribution >= 0.6 is 0 Å². The molecular weight excluding hydrogens is 236 g/mol. The maximum atomic E-state index is 4.01. The van der Waals surface area contributed by atoms with Crippen molar-refractivity contribution in [2.24, 2.45) is 24.3 Å². The van der Waals surface area contributed by atoms with Gasteiger partial charge >= 0.3 is 0 Å². The third-order valence-electron chi connectivity index (χ3n) is 2.01. The van der Waals surface area contributed by atoms with Crippen LogP contribution in [0, 0.1) is 0 Å². The van der Waals surface area contributed by atoms with Gasteiger partial charge in [-0.3, -0.25) is 0 Å². The van der Waals surface area contributed by atoms with Crippen LogP contribution < -0.4 is 0 Å². The zero-order chi connectivity index (χ0) is 13.1. The van der Waals surface area contributed by atoms with Crippen LogP contribution in [0.2, 0.25) is 0 Å². The van der Waals surface area contributed by atoms with E-state index in [9.17, 15) is 0 Å². The van der Waals surface area contributed by atoms with E-state index >= 15 is 0 Å². The topological polar surface area (TPSA) is 112 Å². The maximum absolute atomic E-state index is 4.01. The number of hydrogen-bond donors (Lipinski definition) is 0. The van der Waals surface area contributed by atoms with Crippen LogP contribution in [0.3, 0.4) is 0 Å². The summed E-state index contributed by atoms with van der Waals surface area (Å²) in [5.41, 5.74) is 1.12. The van der Waals surface area contributed by atoms with Crippen LogP contribution in [0.15, 0.2) is 10.2 Å². The Morgan fingerprint density at radius 2 is 1.22 bits per heavy atom. The Morgan fingerprint density at radius 3 is 1.50 bits per heavy atom. The molecule has 0 fully saturated rings. The van der Waals surface area contributed by atoms with Crippen molar-refractivity contribution in [3.63, 3.8) is 0 Å². The van der Waals surface area contributed by atoms with Crippen molar-refractivity contribution in [3.8, 4) is 0 Å². The molecule has 2 aromatic heterocycles. The molecule has 10 nitrogen and oxygen atoms in total. The molecule has 0 aliphatic rings. The van der Waals surface area contributed by atoms with Gasteiger partial charge < -0.3 is 0 Å². The molecule has 0 radical (unpaired) electrons. The Balaban J connectivity index is 2.18. The zero-order valence-electron chi connectivity index (χ0n) is 10.5. The van der Waals surface area contributed by atoms with Crippen LogP contribution in [0.25, 0.3) is 0 Å². The summed E-state index contributed by atoms with van der Waals surface area (Å²) in [5, 5.41) is 31.1. The van der Waals surface area contributed by atoms with Gasteiger partial charge in [-0.2, -0.15) is 19.8 Å². The number of nitrogens with zero attached hydrogens (tertiary/aromatic N) is 10. The average Bonchev–Trinajstić information content (AvgIpc) is 2.94. The average molecular weight is 248 g/mol. The number of tetrazole rings is 2. The van der Waals surface area contributed by atoms with Gasteiger partial charge in [0.15, 0.2) is 0 Å². The molecule has 2 rings (SSSR count). The molecule has 0 amide bonds. The molecular formula is C8H12N10. The van der Waals surface area contributed by atoms with E-state index in [2.05, 4.69) is 41.0 Å². The van der Waals surface area contributed by atoms with Gasteiger partial charge in [0.1, 0.15) is 11.4 Å². The van der Waals surface area contributed by atoms with Crippen molar-refractivity contribution >= 4 is 11.4 Å². The molecule has 0 aliphatic carbocycles. The van der Waals surface area contributed by atoms with E-state index < -0.39 is 0 Å². The minimum atomic E-state index is 0.432. The minimum Gasteiger partial charge on any atom is -0.167 e. The molecule has 2 aromatic rings. The van der Waals surface area contributed by atoms with Crippen molar-refractivity contribution in [1.82, 2.24) is 40.4 Å². The summed E-state index contributed by atoms with van der Waals surface area (Å²) in [5.74, 6) is 0.863. The highest BCUT2D eigenvalue weighted by Crippen LogP contribution is 1.95. The molecule has 10 heteroatoms. The number of hydrogen-bond acceptors (Lipinski definition) is 8. The van der Waals surface area contributed by atoms with Crippen LogP contribution in [0.1, 0.15) is 25.5 Å². The van der Waals surface area contributed by atoms with Crippen LogP contribution in [0.4, 0.5) is 0 Å². The summed E-state index contributed by atoms with van der Waals surface area (Å²) in [7, 11) is 3.36. The molecule has 0 bridgehead atoms. The Morgan fingerprint density at radius 1 is 0.833 bits per heavy atom. The zero-order valence-corrected chi connectivity index (χ0v) is 10.5. The van der Waals surface area contributed by atoms with Crippen LogP contribution in [-0.4, -0.2) is 51.8 Å². The van der Waals surface area contributed by atoms with Crippen LogP contribution in [-0.2, 0) is 14.1 Å². The SMILES string of the molecule is C/C(=N/N=C(\C)c1nnn(C)n1)c1nnn(C)n1. The number of aryl methyl sites for hydroxylation is 2. The van der Waals surface area contributed by atoms with Gasteiger partial charge in [0, 0.05) is 0 Å². The predicted molar refractivity (Wildman–Crippen MR) is 62.0 cm³/mol. The van der Waals surface area contributed by atoms with Gasteiger partial charge in [0.2, 0.25) is 11.6 Å². The fourth-order valence-corrected chi connectivity index (χ4v) is 1.10. The summed E-state index contributed by atoms with van der Waals surface area (Å²) < 4.78 is 0. The second-order valence-electron chi connectivity index (χ2n) is 3.58. The molecule has 0 saturated carbocycles. The highest BCUT2D eigenvalue weighted by molar-refractivity contribution is 5.98. The quantitative estimate of drug-likeness (QED) is 0.507. The van der Waals surface area contributed by atoms with E-state index in [-0.39, 0.29) is 0 Å². The molecule has 0 atom stereocenters. The van der Waals surface area contributed by atoms with E-state index in [1.165, 1.54) is 9.59 Å². The second-order valence-corrected chi connectivity index (χ2v) is 3.58. The molecule has 0 unspecified atom stereocenters. The minimum absolute atomic E-state index is 0.432. The fourth-order valence-electron chi connectivity index (χ4n) is 1.10. The molecule has 0 saturated heterocycles. The van der Waals surface area contributed by atoms with E-state index in [0.29, 0.717) is 23.1 Å². The summed E-state index contributed by atoms with van der Waals surface area (Å²) in [6.07, 6.45) is 0. The lowest BCUT2D eigenvalue weighted by molar-refractivity contribution is 0.629. The highest BCUT2D eigenvalue weighted by Gasteiger charge is 2.06. The van der Waals surface area contributed by atoms with Crippen molar-refractivity contribution in [2.45, 2.75) is 13.8 Å². The monoisotopic (exact) mass is 248 g/mol. The molecule has 0 spiro atoms. The lowest BCUT2D eigenvalue weighted by Gasteiger charge is -1.91. The third-order valence-corrected chi connectivity index (χ3v) is 2.01. The first-order valence-electron chi connectivity index (χ1n) is 5.14. The molecule has 94 valence electrons. The van der Waals surface area contributed by atoms with Gasteiger partial charge in [0.05, 0.1) is 14.1 Å². The molecule has 0 N–H and O–H groups in total. The first-order valence-corrected chi connectivity index (χ1v) is 5.14. The predicted octanol–water partition coefficient (Wildman–Crippen LogP) is -1.03. The maximum Gasteiger partial charge on any atom is 0.220 e. The normalized spacial score (nSPS) is 13.1. The molecule has 0 aliphatic heterocycles. The number of aromatic nitrogens is 8. The molecule has 0 aromatic carbocycles. The van der Waals surface area contributed by atoms with E-state index in [1.807, 2.05) is 0 Å². The van der Waals surface area contributed by atoms with Gasteiger partial charge in [0.25, 0.3) is 0 Å². The van der Waals surface area contributed by atoms with Gasteiger partial charge in [-0.15, -0.1) is 20.4 Å². The standard InChI is InChI=1S/C8H12N10/c1-5(7-11-15-17(3)13-7)9-10-6(2)8-12-16-18(4)14-8/h1-4H3/b9-5-,10-6+. The lowest BCUT2D eigenvalue weighted by atomic mass is 10.4. The highest BCUT2D eigenvalue weighted by atomic mass is 15.6. The lowest BCUT2D eigenvalue weighted by Crippen LogP contribution is -2.02. The molecule has 2 heterocycles. The second kappa shape index (κ2) is 4.77. The summed E-state index contributed by atoms with van der Waals surface area (Å²) in [6.45, 7) is 3.50. The fraction of sp³-hybridized carbons (Fsp3) is 0.500. The van der Waals surface area contributed by atoms with E-state index in [1.54, 1.807) is 27.9 Å². The van der Waals surface area contributed by atoms with Gasteiger partial charge in [-0.05, 0) is 24.3 Å². The first kappa shape index (κ1) is 12.0. The molecule has 18 heavy (non-hydrogen) atoms. The summed E-state index contributed by atoms with van der Waals surface area (Å²) >= 11 is 0. The largest absolute Gasteiger partial charge is 0.220 e. The Kier molecular flexibility index (Phi) is 3.17. The van der Waals surface area contributed by atoms with Crippen molar-refractivity contribution in [1.29, 1.82) is 0 Å². The smallest absolute Gasteiger partial charge is 0.167 e. The summed E-state index contributed by atoms with van der Waals surface area (Å²) in [4.78, 5) is 2.71. The van der Waals surface area contributed by atoms with Gasteiger partial charge in [-0.25, -0.2) is 0 Å². The Labute approximate surface area is 102 Å².